The van der Waals surface area contributed by atoms with Crippen molar-refractivity contribution >= 4 is 33.1 Å². The zero-order chi connectivity index (χ0) is 22.3. The first-order chi connectivity index (χ1) is 15.3. The topological polar surface area (TPSA) is 64.8 Å². The molecule has 0 atom stereocenters. The number of anilines is 2. The average Bonchev–Trinajstić information content (AvgIpc) is 3.32. The van der Waals surface area contributed by atoms with E-state index in [0.29, 0.717) is 17.3 Å². The molecule has 2 aliphatic rings. The van der Waals surface area contributed by atoms with Gasteiger partial charge in [0.15, 0.2) is 0 Å². The standard InChI is InChI=1S/C23H22F3N5S/c24-23(25,26)12-18-9-19-20(28-14-29-21(19)32-18)31-8-6-22(13-31)10-17(11-22)30-16-3-1-15(2-4-16)5-7-27/h1-4,9,14,17,30H,5-6,8,10-13H2. The van der Waals surface area contributed by atoms with Crippen LogP contribution in [0.2, 0.25) is 0 Å². The number of rotatable bonds is 5. The molecule has 2 aromatic heterocycles. The van der Waals surface area contributed by atoms with Crippen molar-refractivity contribution in [3.63, 3.8) is 0 Å². The maximum absolute atomic E-state index is 12.8. The van der Waals surface area contributed by atoms with Crippen LogP contribution in [0.25, 0.3) is 10.2 Å². The van der Waals surface area contributed by atoms with Crippen LogP contribution in [0, 0.1) is 16.7 Å². The molecule has 1 saturated carbocycles. The second-order valence-corrected chi connectivity index (χ2v) is 9.99. The van der Waals surface area contributed by atoms with Crippen LogP contribution < -0.4 is 10.2 Å². The number of hydrogen-bond donors (Lipinski definition) is 1. The Bertz CT molecular complexity index is 1160. The first kappa shape index (κ1) is 21.0. The third-order valence-electron chi connectivity index (χ3n) is 6.44. The van der Waals surface area contributed by atoms with Gasteiger partial charge in [-0.1, -0.05) is 12.1 Å². The lowest BCUT2D eigenvalue weighted by Gasteiger charge is -2.46. The van der Waals surface area contributed by atoms with Crippen LogP contribution in [-0.2, 0) is 12.8 Å². The van der Waals surface area contributed by atoms with Gasteiger partial charge in [-0.2, -0.15) is 18.4 Å². The second-order valence-electron chi connectivity index (χ2n) is 8.87. The fourth-order valence-corrected chi connectivity index (χ4v) is 6.03. The summed E-state index contributed by atoms with van der Waals surface area (Å²) in [5, 5.41) is 13.1. The summed E-state index contributed by atoms with van der Waals surface area (Å²) in [6, 6.07) is 12.2. The van der Waals surface area contributed by atoms with Gasteiger partial charge < -0.3 is 10.2 Å². The molecular weight excluding hydrogens is 435 g/mol. The van der Waals surface area contributed by atoms with E-state index in [2.05, 4.69) is 26.3 Å². The van der Waals surface area contributed by atoms with Gasteiger partial charge in [-0.15, -0.1) is 11.3 Å². The highest BCUT2D eigenvalue weighted by molar-refractivity contribution is 7.18. The molecule has 5 rings (SSSR count). The number of thiophene rings is 1. The van der Waals surface area contributed by atoms with Crippen LogP contribution in [0.3, 0.4) is 0 Å². The highest BCUT2D eigenvalue weighted by Gasteiger charge is 2.49. The molecule has 3 heterocycles. The van der Waals surface area contributed by atoms with Crippen LogP contribution >= 0.6 is 11.3 Å². The summed E-state index contributed by atoms with van der Waals surface area (Å²) in [4.78, 5) is 11.7. The molecule has 1 spiro atoms. The van der Waals surface area contributed by atoms with Crippen LogP contribution in [0.4, 0.5) is 24.7 Å². The molecule has 1 aliphatic heterocycles. The first-order valence-corrected chi connectivity index (χ1v) is 11.4. The van der Waals surface area contributed by atoms with Gasteiger partial charge in [0, 0.05) is 29.7 Å². The number of nitrogens with one attached hydrogen (secondary N) is 1. The summed E-state index contributed by atoms with van der Waals surface area (Å²) in [6.07, 6.45) is -0.116. The van der Waals surface area contributed by atoms with Crippen molar-refractivity contribution in [2.24, 2.45) is 5.41 Å². The lowest BCUT2D eigenvalue weighted by Crippen LogP contribution is -2.46. The zero-order valence-electron chi connectivity index (χ0n) is 17.3. The van der Waals surface area contributed by atoms with Gasteiger partial charge in [-0.25, -0.2) is 9.97 Å². The number of aromatic nitrogens is 2. The SMILES string of the molecule is N#CCc1ccc(NC2CC3(CCN(c4ncnc5sc(CC(F)(F)F)cc45)C3)C2)cc1. The van der Waals surface area contributed by atoms with Crippen molar-refractivity contribution in [1.82, 2.24) is 9.97 Å². The summed E-state index contributed by atoms with van der Waals surface area (Å²) < 4.78 is 38.4. The predicted molar refractivity (Wildman–Crippen MR) is 119 cm³/mol. The molecule has 0 amide bonds. The number of fused-ring (bicyclic) bond motifs is 1. The molecule has 0 unspecified atom stereocenters. The van der Waals surface area contributed by atoms with E-state index < -0.39 is 12.6 Å². The Hall–Kier alpha value is -2.86. The molecular formula is C23H22F3N5S. The van der Waals surface area contributed by atoms with Gasteiger partial charge in [0.05, 0.1) is 24.3 Å². The van der Waals surface area contributed by atoms with Crippen molar-refractivity contribution in [3.8, 4) is 6.07 Å². The Balaban J connectivity index is 1.23. The summed E-state index contributed by atoms with van der Waals surface area (Å²) in [5.41, 5.74) is 2.30. The fraction of sp³-hybridized carbons (Fsp3) is 0.435. The third kappa shape index (κ3) is 4.24. The normalized spacial score (nSPS) is 22.8. The van der Waals surface area contributed by atoms with E-state index in [1.807, 2.05) is 24.3 Å². The molecule has 3 aromatic rings. The largest absolute Gasteiger partial charge is 0.393 e. The number of nitrogens with zero attached hydrogens (tertiary/aromatic N) is 4. The molecule has 166 valence electrons. The monoisotopic (exact) mass is 457 g/mol. The van der Waals surface area contributed by atoms with E-state index in [1.54, 1.807) is 6.07 Å². The smallest absolute Gasteiger partial charge is 0.382 e. The minimum atomic E-state index is -4.23. The molecule has 1 aliphatic carbocycles. The van der Waals surface area contributed by atoms with E-state index >= 15 is 0 Å². The third-order valence-corrected chi connectivity index (χ3v) is 7.48. The number of nitriles is 1. The number of benzene rings is 1. The van der Waals surface area contributed by atoms with Gasteiger partial charge in [0.2, 0.25) is 0 Å². The van der Waals surface area contributed by atoms with Crippen molar-refractivity contribution in [2.75, 3.05) is 23.3 Å². The van der Waals surface area contributed by atoms with E-state index in [1.165, 1.54) is 6.33 Å². The molecule has 1 aromatic carbocycles. The highest BCUT2D eigenvalue weighted by Crippen LogP contribution is 2.50. The van der Waals surface area contributed by atoms with Gasteiger partial charge >= 0.3 is 6.18 Å². The lowest BCUT2D eigenvalue weighted by molar-refractivity contribution is -0.126. The molecule has 5 nitrogen and oxygen atoms in total. The first-order valence-electron chi connectivity index (χ1n) is 10.6. The second kappa shape index (κ2) is 7.93. The van der Waals surface area contributed by atoms with Crippen molar-refractivity contribution in [1.29, 1.82) is 5.26 Å². The van der Waals surface area contributed by atoms with E-state index in [-0.39, 0.29) is 10.3 Å². The highest BCUT2D eigenvalue weighted by atomic mass is 32.1. The van der Waals surface area contributed by atoms with Crippen LogP contribution in [0.15, 0.2) is 36.7 Å². The Labute approximate surface area is 187 Å². The fourth-order valence-electron chi connectivity index (χ4n) is 5.01. The van der Waals surface area contributed by atoms with Crippen molar-refractivity contribution in [3.05, 3.63) is 47.1 Å². The minimum Gasteiger partial charge on any atom is -0.382 e. The van der Waals surface area contributed by atoms with E-state index in [9.17, 15) is 13.2 Å². The predicted octanol–water partition coefficient (Wildman–Crippen LogP) is 5.33. The van der Waals surface area contributed by atoms with Gasteiger partial charge in [0.1, 0.15) is 17.0 Å². The molecule has 0 bridgehead atoms. The zero-order valence-corrected chi connectivity index (χ0v) is 18.1. The summed E-state index contributed by atoms with van der Waals surface area (Å²) in [7, 11) is 0. The lowest BCUT2D eigenvalue weighted by atomic mass is 9.65. The summed E-state index contributed by atoms with van der Waals surface area (Å²) >= 11 is 1.10. The van der Waals surface area contributed by atoms with Crippen LogP contribution in [0.1, 0.15) is 29.7 Å². The van der Waals surface area contributed by atoms with E-state index in [4.69, 9.17) is 5.26 Å². The van der Waals surface area contributed by atoms with Gasteiger partial charge in [0.25, 0.3) is 0 Å². The number of hydrogen-bond acceptors (Lipinski definition) is 6. The van der Waals surface area contributed by atoms with Gasteiger partial charge in [-0.05, 0) is 48.4 Å². The van der Waals surface area contributed by atoms with Gasteiger partial charge in [-0.3, -0.25) is 0 Å². The number of halogens is 3. The Morgan fingerprint density at radius 2 is 2.00 bits per heavy atom. The van der Waals surface area contributed by atoms with Crippen LogP contribution in [-0.4, -0.2) is 35.3 Å². The van der Waals surface area contributed by atoms with E-state index in [0.717, 1.165) is 66.1 Å². The summed E-state index contributed by atoms with van der Waals surface area (Å²) in [6.45, 7) is 1.72. The molecule has 2 fully saturated rings. The van der Waals surface area contributed by atoms with Crippen molar-refractivity contribution < 1.29 is 13.2 Å². The molecule has 0 radical (unpaired) electrons. The molecule has 1 saturated heterocycles. The Morgan fingerprint density at radius 1 is 1.22 bits per heavy atom. The minimum absolute atomic E-state index is 0.223. The molecule has 1 N–H and O–H groups in total. The quantitative estimate of drug-likeness (QED) is 0.561. The van der Waals surface area contributed by atoms with Crippen molar-refractivity contribution in [2.45, 2.75) is 44.3 Å². The molecule has 9 heteroatoms. The van der Waals surface area contributed by atoms with Crippen LogP contribution in [0.5, 0.6) is 0 Å². The number of alkyl halides is 3. The molecule has 32 heavy (non-hydrogen) atoms. The average molecular weight is 458 g/mol. The maximum Gasteiger partial charge on any atom is 0.393 e. The maximum atomic E-state index is 12.8. The Morgan fingerprint density at radius 3 is 2.72 bits per heavy atom. The summed E-state index contributed by atoms with van der Waals surface area (Å²) in [5.74, 6) is 0.751. The Kier molecular flexibility index (Phi) is 5.20.